The molecule has 1 spiro atoms. The molecule has 1 saturated carbocycles. The summed E-state index contributed by atoms with van der Waals surface area (Å²) in [5.74, 6) is 1.50. The first-order valence-corrected chi connectivity index (χ1v) is 6.25. The van der Waals surface area contributed by atoms with Crippen LogP contribution in [0.3, 0.4) is 0 Å². The maximum Gasteiger partial charge on any atom is 0.150 e. The normalized spacial score (nSPS) is 43.6. The Morgan fingerprint density at radius 3 is 2.83 bits per heavy atom. The maximum absolute atomic E-state index is 11.2. The van der Waals surface area contributed by atoms with E-state index in [1.165, 1.54) is 0 Å². The molecule has 1 aliphatic carbocycles. The van der Waals surface area contributed by atoms with E-state index >= 15 is 0 Å². The predicted octanol–water partition coefficient (Wildman–Crippen LogP) is 0.0306. The van der Waals surface area contributed by atoms with Gasteiger partial charge >= 0.3 is 0 Å². The lowest BCUT2D eigenvalue weighted by atomic mass is 10.0. The zero-order valence-corrected chi connectivity index (χ0v) is 8.15. The highest BCUT2D eigenvalue weighted by molar-refractivity contribution is 7.91. The summed E-state index contributed by atoms with van der Waals surface area (Å²) >= 11 is 0. The lowest BCUT2D eigenvalue weighted by molar-refractivity contribution is 0.500. The lowest BCUT2D eigenvalue weighted by Crippen LogP contribution is -2.16. The fourth-order valence-electron chi connectivity index (χ4n) is 2.39. The van der Waals surface area contributed by atoms with Gasteiger partial charge in [0.1, 0.15) is 0 Å². The van der Waals surface area contributed by atoms with Gasteiger partial charge in [-0.2, -0.15) is 0 Å². The Hall–Kier alpha value is -0.0900. The van der Waals surface area contributed by atoms with Crippen molar-refractivity contribution in [2.75, 3.05) is 25.1 Å². The summed E-state index contributed by atoms with van der Waals surface area (Å²) in [6, 6.07) is 0. The second kappa shape index (κ2) is 2.45. The third-order valence-electron chi connectivity index (χ3n) is 3.23. The van der Waals surface area contributed by atoms with E-state index in [-0.39, 0.29) is 5.41 Å². The molecule has 2 rings (SSSR count). The molecule has 2 aliphatic rings. The summed E-state index contributed by atoms with van der Waals surface area (Å²) in [7, 11) is -0.744. The molecule has 1 heterocycles. The summed E-state index contributed by atoms with van der Waals surface area (Å²) < 4.78 is 22.4. The van der Waals surface area contributed by atoms with E-state index < -0.39 is 9.84 Å². The van der Waals surface area contributed by atoms with Gasteiger partial charge in [0, 0.05) is 0 Å². The van der Waals surface area contributed by atoms with E-state index in [1.807, 2.05) is 7.05 Å². The van der Waals surface area contributed by atoms with E-state index in [9.17, 15) is 8.42 Å². The first kappa shape index (κ1) is 8.51. The van der Waals surface area contributed by atoms with Crippen LogP contribution < -0.4 is 5.32 Å². The molecular formula is C8H15NO2S. The maximum atomic E-state index is 11.2. The molecule has 0 aromatic rings. The predicted molar refractivity (Wildman–Crippen MR) is 47.7 cm³/mol. The molecule has 0 radical (unpaired) electrons. The van der Waals surface area contributed by atoms with Gasteiger partial charge in [-0.1, -0.05) is 0 Å². The third kappa shape index (κ3) is 1.27. The average Bonchev–Trinajstić information content (AvgIpc) is 2.50. The van der Waals surface area contributed by atoms with Crippen LogP contribution in [0.2, 0.25) is 0 Å². The Kier molecular flexibility index (Phi) is 1.74. The molecule has 12 heavy (non-hydrogen) atoms. The first-order valence-electron chi connectivity index (χ1n) is 4.43. The van der Waals surface area contributed by atoms with Crippen molar-refractivity contribution in [1.82, 2.24) is 5.32 Å². The van der Waals surface area contributed by atoms with E-state index in [1.54, 1.807) is 0 Å². The highest BCUT2D eigenvalue weighted by Gasteiger charge is 2.58. The first-order chi connectivity index (χ1) is 5.58. The van der Waals surface area contributed by atoms with Crippen LogP contribution >= 0.6 is 0 Å². The van der Waals surface area contributed by atoms with Crippen LogP contribution in [0.4, 0.5) is 0 Å². The van der Waals surface area contributed by atoms with Gasteiger partial charge in [0.2, 0.25) is 0 Å². The molecule has 0 bridgehead atoms. The minimum atomic E-state index is -2.67. The van der Waals surface area contributed by atoms with E-state index in [0.29, 0.717) is 17.4 Å². The summed E-state index contributed by atoms with van der Waals surface area (Å²) in [5.41, 5.74) is 0.196. The minimum Gasteiger partial charge on any atom is -0.319 e. The van der Waals surface area contributed by atoms with Crippen LogP contribution in [-0.4, -0.2) is 33.5 Å². The van der Waals surface area contributed by atoms with Crippen molar-refractivity contribution in [3.63, 3.8) is 0 Å². The van der Waals surface area contributed by atoms with Crippen molar-refractivity contribution in [3.8, 4) is 0 Å². The van der Waals surface area contributed by atoms with Gasteiger partial charge in [0.05, 0.1) is 11.5 Å². The quantitative estimate of drug-likeness (QED) is 0.666. The summed E-state index contributed by atoms with van der Waals surface area (Å²) in [6.45, 7) is 0.982. The van der Waals surface area contributed by atoms with Gasteiger partial charge in [0.25, 0.3) is 0 Å². The molecule has 70 valence electrons. The number of nitrogens with one attached hydrogen (secondary N) is 1. The summed E-state index contributed by atoms with van der Waals surface area (Å²) in [5, 5.41) is 3.11. The number of sulfone groups is 1. The minimum absolute atomic E-state index is 0.196. The molecular weight excluding hydrogens is 174 g/mol. The summed E-state index contributed by atoms with van der Waals surface area (Å²) in [4.78, 5) is 0. The number of hydrogen-bond donors (Lipinski definition) is 1. The molecule has 2 fully saturated rings. The van der Waals surface area contributed by atoms with Crippen molar-refractivity contribution in [2.45, 2.75) is 12.8 Å². The van der Waals surface area contributed by atoms with Crippen LogP contribution in [0.25, 0.3) is 0 Å². The highest BCUT2D eigenvalue weighted by Crippen LogP contribution is 2.58. The molecule has 0 aromatic heterocycles. The largest absolute Gasteiger partial charge is 0.319 e. The Labute approximate surface area is 73.5 Å². The average molecular weight is 189 g/mol. The van der Waals surface area contributed by atoms with Gasteiger partial charge in [-0.25, -0.2) is 8.42 Å². The monoisotopic (exact) mass is 189 g/mol. The highest BCUT2D eigenvalue weighted by atomic mass is 32.2. The topological polar surface area (TPSA) is 46.2 Å². The van der Waals surface area contributed by atoms with Gasteiger partial charge in [0.15, 0.2) is 9.84 Å². The smallest absolute Gasteiger partial charge is 0.150 e. The van der Waals surface area contributed by atoms with Gasteiger partial charge in [-0.05, 0) is 37.8 Å². The molecule has 4 heteroatoms. The van der Waals surface area contributed by atoms with Crippen molar-refractivity contribution < 1.29 is 8.42 Å². The summed E-state index contributed by atoms with van der Waals surface area (Å²) in [6.07, 6.45) is 2.02. The second-order valence-electron chi connectivity index (χ2n) is 4.16. The fraction of sp³-hybridized carbons (Fsp3) is 1.00. The van der Waals surface area contributed by atoms with Crippen molar-refractivity contribution in [3.05, 3.63) is 0 Å². The second-order valence-corrected chi connectivity index (χ2v) is 6.35. The fourth-order valence-corrected chi connectivity index (χ4v) is 4.63. The Bertz CT molecular complexity index is 285. The molecule has 1 saturated heterocycles. The molecule has 0 aromatic carbocycles. The zero-order valence-electron chi connectivity index (χ0n) is 7.34. The Morgan fingerprint density at radius 2 is 2.33 bits per heavy atom. The Balaban J connectivity index is 2.02. The van der Waals surface area contributed by atoms with Crippen molar-refractivity contribution in [2.24, 2.45) is 11.3 Å². The number of rotatable bonds is 2. The Morgan fingerprint density at radius 1 is 1.58 bits per heavy atom. The standard InChI is InChI=1S/C8H15NO2S/c1-9-5-7-4-8(7)2-3-12(10,11)6-8/h7,9H,2-6H2,1H3. The lowest BCUT2D eigenvalue weighted by Gasteiger charge is -2.04. The van der Waals surface area contributed by atoms with Gasteiger partial charge in [-0.3, -0.25) is 0 Å². The molecule has 0 amide bonds. The van der Waals surface area contributed by atoms with Crippen molar-refractivity contribution in [1.29, 1.82) is 0 Å². The van der Waals surface area contributed by atoms with Crippen LogP contribution in [-0.2, 0) is 9.84 Å². The molecule has 1 N–H and O–H groups in total. The van der Waals surface area contributed by atoms with Crippen LogP contribution in [0.5, 0.6) is 0 Å². The molecule has 2 unspecified atom stereocenters. The van der Waals surface area contributed by atoms with Crippen LogP contribution in [0, 0.1) is 11.3 Å². The SMILES string of the molecule is CNCC1CC12CCS(=O)(=O)C2. The molecule has 3 nitrogen and oxygen atoms in total. The third-order valence-corrected chi connectivity index (χ3v) is 5.07. The number of hydrogen-bond acceptors (Lipinski definition) is 3. The molecule has 2 atom stereocenters. The van der Waals surface area contributed by atoms with Gasteiger partial charge < -0.3 is 5.32 Å². The zero-order chi connectivity index (χ0) is 8.82. The molecule has 1 aliphatic heterocycles. The van der Waals surface area contributed by atoms with Crippen LogP contribution in [0.1, 0.15) is 12.8 Å². The van der Waals surface area contributed by atoms with E-state index in [0.717, 1.165) is 19.4 Å². The van der Waals surface area contributed by atoms with Gasteiger partial charge in [-0.15, -0.1) is 0 Å². The van der Waals surface area contributed by atoms with E-state index in [4.69, 9.17) is 0 Å². The van der Waals surface area contributed by atoms with E-state index in [2.05, 4.69) is 5.32 Å². The van der Waals surface area contributed by atoms with Crippen LogP contribution in [0.15, 0.2) is 0 Å². The van der Waals surface area contributed by atoms with Crippen molar-refractivity contribution >= 4 is 9.84 Å².